The van der Waals surface area contributed by atoms with E-state index in [4.69, 9.17) is 9.26 Å². The van der Waals surface area contributed by atoms with Crippen LogP contribution in [0.15, 0.2) is 50.7 Å². The molecule has 0 spiro atoms. The van der Waals surface area contributed by atoms with Crippen molar-refractivity contribution < 1.29 is 17.7 Å². The highest BCUT2D eigenvalue weighted by molar-refractivity contribution is 7.90. The number of methoxy groups -OCH3 is 1. The molecule has 0 radical (unpaired) electrons. The molecule has 3 rings (SSSR count). The number of nitrogens with zero attached hydrogens (tertiary/aromatic N) is 3. The highest BCUT2D eigenvalue weighted by atomic mass is 32.2. The summed E-state index contributed by atoms with van der Waals surface area (Å²) in [5, 5.41) is 3.92. The molecule has 0 saturated heterocycles. The molecule has 2 aromatic heterocycles. The number of pyridine rings is 1. The zero-order valence-corrected chi connectivity index (χ0v) is 15.3. The minimum absolute atomic E-state index is 0.196. The van der Waals surface area contributed by atoms with E-state index in [0.29, 0.717) is 17.3 Å². The quantitative estimate of drug-likeness (QED) is 0.668. The van der Waals surface area contributed by atoms with Crippen LogP contribution in [-0.4, -0.2) is 36.5 Å². The standard InChI is InChI=1S/C17H17N3O5S/c1-11-8-14(21)15(24-2)9-20(11)10-16-18-17(19-25-16)12-4-6-13(7-5-12)26(3,22)23/h4-9H,10H2,1-3H3. The molecular formula is C17H17N3O5S. The number of benzene rings is 1. The van der Waals surface area contributed by atoms with Crippen LogP contribution < -0.4 is 10.2 Å². The topological polar surface area (TPSA) is 104 Å². The van der Waals surface area contributed by atoms with Crippen LogP contribution in [0.2, 0.25) is 0 Å². The number of aryl methyl sites for hydroxylation is 1. The van der Waals surface area contributed by atoms with Crippen molar-refractivity contribution >= 4 is 9.84 Å². The molecule has 2 heterocycles. The van der Waals surface area contributed by atoms with Crippen molar-refractivity contribution in [3.63, 3.8) is 0 Å². The first-order valence-electron chi connectivity index (χ1n) is 7.66. The molecule has 0 unspecified atom stereocenters. The highest BCUT2D eigenvalue weighted by Gasteiger charge is 2.13. The van der Waals surface area contributed by atoms with E-state index in [-0.39, 0.29) is 22.6 Å². The van der Waals surface area contributed by atoms with E-state index >= 15 is 0 Å². The Hall–Kier alpha value is -2.94. The summed E-state index contributed by atoms with van der Waals surface area (Å²) in [6.45, 7) is 2.07. The van der Waals surface area contributed by atoms with Crippen LogP contribution in [0, 0.1) is 6.92 Å². The zero-order chi connectivity index (χ0) is 18.9. The summed E-state index contributed by atoms with van der Waals surface area (Å²) >= 11 is 0. The molecule has 136 valence electrons. The van der Waals surface area contributed by atoms with Crippen molar-refractivity contribution in [1.82, 2.24) is 14.7 Å². The van der Waals surface area contributed by atoms with E-state index in [1.165, 1.54) is 25.3 Å². The molecule has 1 aromatic carbocycles. The fourth-order valence-electron chi connectivity index (χ4n) is 2.41. The van der Waals surface area contributed by atoms with Gasteiger partial charge in [-0.25, -0.2) is 8.42 Å². The number of ether oxygens (including phenoxy) is 1. The van der Waals surface area contributed by atoms with Gasteiger partial charge < -0.3 is 13.8 Å². The van der Waals surface area contributed by atoms with Crippen LogP contribution in [0.5, 0.6) is 5.75 Å². The van der Waals surface area contributed by atoms with Crippen LogP contribution in [-0.2, 0) is 16.4 Å². The summed E-state index contributed by atoms with van der Waals surface area (Å²) in [5.74, 6) is 0.929. The largest absolute Gasteiger partial charge is 0.491 e. The van der Waals surface area contributed by atoms with E-state index in [9.17, 15) is 13.2 Å². The van der Waals surface area contributed by atoms with Crippen molar-refractivity contribution in [3.05, 3.63) is 58.3 Å². The van der Waals surface area contributed by atoms with Gasteiger partial charge in [0, 0.05) is 23.6 Å². The summed E-state index contributed by atoms with van der Waals surface area (Å²) in [5.41, 5.74) is 1.17. The SMILES string of the molecule is COc1cn(Cc2nc(-c3ccc(S(C)(=O)=O)cc3)no2)c(C)cc1=O. The van der Waals surface area contributed by atoms with Crippen molar-refractivity contribution in [3.8, 4) is 17.1 Å². The van der Waals surface area contributed by atoms with Gasteiger partial charge in [0.25, 0.3) is 0 Å². The van der Waals surface area contributed by atoms with Gasteiger partial charge in [0.15, 0.2) is 15.6 Å². The predicted octanol–water partition coefficient (Wildman–Crippen LogP) is 1.67. The van der Waals surface area contributed by atoms with Crippen molar-refractivity contribution in [2.75, 3.05) is 13.4 Å². The fraction of sp³-hybridized carbons (Fsp3) is 0.235. The number of hydrogen-bond acceptors (Lipinski definition) is 7. The molecule has 3 aromatic rings. The second kappa shape index (κ2) is 6.75. The van der Waals surface area contributed by atoms with Crippen LogP contribution in [0.4, 0.5) is 0 Å². The summed E-state index contributed by atoms with van der Waals surface area (Å²) in [6, 6.07) is 7.71. The Morgan fingerprint density at radius 2 is 1.92 bits per heavy atom. The Bertz CT molecular complexity index is 1100. The highest BCUT2D eigenvalue weighted by Crippen LogP contribution is 2.19. The molecule has 0 bridgehead atoms. The van der Waals surface area contributed by atoms with Gasteiger partial charge in [0.2, 0.25) is 17.1 Å². The molecule has 0 atom stereocenters. The Balaban J connectivity index is 1.86. The molecule has 0 N–H and O–H groups in total. The maximum atomic E-state index is 11.7. The molecule has 0 aliphatic heterocycles. The van der Waals surface area contributed by atoms with Crippen LogP contribution in [0.25, 0.3) is 11.4 Å². The monoisotopic (exact) mass is 375 g/mol. The fourth-order valence-corrected chi connectivity index (χ4v) is 3.04. The third-order valence-electron chi connectivity index (χ3n) is 3.84. The number of aromatic nitrogens is 3. The van der Waals surface area contributed by atoms with E-state index in [1.807, 2.05) is 0 Å². The first kappa shape index (κ1) is 17.9. The van der Waals surface area contributed by atoms with Crippen molar-refractivity contribution in [2.24, 2.45) is 0 Å². The Labute approximate surface area is 150 Å². The van der Waals surface area contributed by atoms with E-state index < -0.39 is 9.84 Å². The Morgan fingerprint density at radius 3 is 2.54 bits per heavy atom. The van der Waals surface area contributed by atoms with E-state index in [2.05, 4.69) is 10.1 Å². The van der Waals surface area contributed by atoms with Crippen molar-refractivity contribution in [2.45, 2.75) is 18.4 Å². The second-order valence-corrected chi connectivity index (χ2v) is 7.80. The first-order chi connectivity index (χ1) is 12.3. The number of hydrogen-bond donors (Lipinski definition) is 0. The molecule has 0 aliphatic rings. The molecule has 26 heavy (non-hydrogen) atoms. The molecule has 0 fully saturated rings. The Kier molecular flexibility index (Phi) is 4.64. The minimum Gasteiger partial charge on any atom is -0.491 e. The summed E-state index contributed by atoms with van der Waals surface area (Å²) < 4.78 is 35.1. The average Bonchev–Trinajstić information content (AvgIpc) is 3.05. The van der Waals surface area contributed by atoms with Crippen LogP contribution in [0.3, 0.4) is 0 Å². The maximum absolute atomic E-state index is 11.7. The van der Waals surface area contributed by atoms with E-state index in [1.54, 1.807) is 29.8 Å². The molecule has 8 nitrogen and oxygen atoms in total. The molecular weight excluding hydrogens is 358 g/mol. The van der Waals surface area contributed by atoms with Crippen molar-refractivity contribution in [1.29, 1.82) is 0 Å². The van der Waals surface area contributed by atoms with Gasteiger partial charge >= 0.3 is 0 Å². The summed E-state index contributed by atoms with van der Waals surface area (Å²) in [4.78, 5) is 16.3. The summed E-state index contributed by atoms with van der Waals surface area (Å²) in [7, 11) is -1.83. The molecule has 0 aliphatic carbocycles. The lowest BCUT2D eigenvalue weighted by Crippen LogP contribution is -2.13. The predicted molar refractivity (Wildman–Crippen MR) is 93.9 cm³/mol. The Morgan fingerprint density at radius 1 is 1.23 bits per heavy atom. The van der Waals surface area contributed by atoms with Gasteiger partial charge in [0.05, 0.1) is 18.2 Å². The second-order valence-electron chi connectivity index (χ2n) is 5.78. The van der Waals surface area contributed by atoms with Gasteiger partial charge in [-0.15, -0.1) is 0 Å². The van der Waals surface area contributed by atoms with Gasteiger partial charge in [-0.3, -0.25) is 4.79 Å². The van der Waals surface area contributed by atoms with Gasteiger partial charge in [0.1, 0.15) is 6.54 Å². The number of rotatable bonds is 5. The van der Waals surface area contributed by atoms with Gasteiger partial charge in [-0.05, 0) is 31.2 Å². The first-order valence-corrected chi connectivity index (χ1v) is 9.55. The third kappa shape index (κ3) is 3.67. The molecule has 0 saturated carbocycles. The van der Waals surface area contributed by atoms with Crippen LogP contribution in [0.1, 0.15) is 11.6 Å². The minimum atomic E-state index is -3.26. The average molecular weight is 375 g/mol. The maximum Gasteiger partial charge on any atom is 0.246 e. The normalized spacial score (nSPS) is 11.5. The number of sulfone groups is 1. The van der Waals surface area contributed by atoms with Gasteiger partial charge in [-0.2, -0.15) is 4.98 Å². The lowest BCUT2D eigenvalue weighted by atomic mass is 10.2. The molecule has 9 heteroatoms. The lowest BCUT2D eigenvalue weighted by Gasteiger charge is -2.09. The lowest BCUT2D eigenvalue weighted by molar-refractivity contribution is 0.366. The van der Waals surface area contributed by atoms with Crippen LogP contribution >= 0.6 is 0 Å². The van der Waals surface area contributed by atoms with E-state index in [0.717, 1.165) is 11.9 Å². The van der Waals surface area contributed by atoms with Gasteiger partial charge in [-0.1, -0.05) is 5.16 Å². The zero-order valence-electron chi connectivity index (χ0n) is 14.5. The smallest absolute Gasteiger partial charge is 0.246 e. The summed E-state index contributed by atoms with van der Waals surface area (Å²) in [6.07, 6.45) is 2.73. The third-order valence-corrected chi connectivity index (χ3v) is 4.97. The molecule has 0 amide bonds.